The second kappa shape index (κ2) is 5.95. The summed E-state index contributed by atoms with van der Waals surface area (Å²) in [5.74, 6) is 0.719. The number of rotatable bonds is 4. The van der Waals surface area contributed by atoms with Crippen molar-refractivity contribution in [2.24, 2.45) is 0 Å². The Morgan fingerprint density at radius 2 is 2.31 bits per heavy atom. The van der Waals surface area contributed by atoms with E-state index in [2.05, 4.69) is 19.2 Å². The molecule has 16 heavy (non-hydrogen) atoms. The normalized spacial score (nSPS) is 16.4. The molecule has 1 aliphatic heterocycles. The Morgan fingerprint density at radius 3 is 2.88 bits per heavy atom. The lowest BCUT2D eigenvalue weighted by molar-refractivity contribution is -0.125. The molecule has 1 aliphatic rings. The minimum absolute atomic E-state index is 0.0420. The molecule has 0 radical (unpaired) electrons. The van der Waals surface area contributed by atoms with Crippen molar-refractivity contribution < 1.29 is 9.53 Å². The Hall–Kier alpha value is -1.77. The summed E-state index contributed by atoms with van der Waals surface area (Å²) in [5, 5.41) is 0. The van der Waals surface area contributed by atoms with E-state index in [1.807, 2.05) is 13.0 Å². The van der Waals surface area contributed by atoms with Crippen molar-refractivity contribution in [3.8, 4) is 0 Å². The number of carbonyl (C=O) groups is 1. The quantitative estimate of drug-likeness (QED) is 0.536. The standard InChI is InChI=1S/C13H17NO2/c1-4-12(16-6-3)11-8-7-9-14(10-11)13(15)5-2/h4-6,8H,2-3,7,9-10H2,1H3/b12-4-. The summed E-state index contributed by atoms with van der Waals surface area (Å²) in [7, 11) is 0. The third kappa shape index (κ3) is 2.86. The van der Waals surface area contributed by atoms with Crippen molar-refractivity contribution in [3.63, 3.8) is 0 Å². The average molecular weight is 219 g/mol. The number of ether oxygens (including phenoxy) is 1. The zero-order valence-corrected chi connectivity index (χ0v) is 9.61. The van der Waals surface area contributed by atoms with E-state index in [-0.39, 0.29) is 5.91 Å². The zero-order chi connectivity index (χ0) is 12.0. The summed E-state index contributed by atoms with van der Waals surface area (Å²) < 4.78 is 5.29. The van der Waals surface area contributed by atoms with E-state index in [9.17, 15) is 4.79 Å². The van der Waals surface area contributed by atoms with Gasteiger partial charge in [-0.1, -0.05) is 19.2 Å². The molecule has 1 rings (SSSR count). The van der Waals surface area contributed by atoms with Gasteiger partial charge in [0.25, 0.3) is 0 Å². The molecule has 86 valence electrons. The maximum atomic E-state index is 11.5. The van der Waals surface area contributed by atoms with Crippen LogP contribution in [0.2, 0.25) is 0 Å². The van der Waals surface area contributed by atoms with Gasteiger partial charge in [-0.05, 0) is 25.5 Å². The minimum Gasteiger partial charge on any atom is -0.466 e. The molecule has 0 aromatic rings. The smallest absolute Gasteiger partial charge is 0.246 e. The Morgan fingerprint density at radius 1 is 1.56 bits per heavy atom. The first-order valence-electron chi connectivity index (χ1n) is 5.27. The third-order valence-electron chi connectivity index (χ3n) is 2.43. The Bertz CT molecular complexity index is 353. The number of hydrogen-bond donors (Lipinski definition) is 0. The van der Waals surface area contributed by atoms with E-state index in [1.165, 1.54) is 12.3 Å². The molecule has 0 aromatic heterocycles. The van der Waals surface area contributed by atoms with Gasteiger partial charge >= 0.3 is 0 Å². The molecule has 0 saturated carbocycles. The van der Waals surface area contributed by atoms with Gasteiger partial charge in [0.2, 0.25) is 5.91 Å². The molecule has 0 saturated heterocycles. The first kappa shape index (κ1) is 12.3. The minimum atomic E-state index is -0.0420. The summed E-state index contributed by atoms with van der Waals surface area (Å²) in [6.07, 6.45) is 7.53. The number of amides is 1. The molecule has 0 aliphatic carbocycles. The molecule has 0 aromatic carbocycles. The first-order chi connectivity index (χ1) is 7.72. The van der Waals surface area contributed by atoms with Gasteiger partial charge in [0, 0.05) is 18.7 Å². The number of carbonyl (C=O) groups excluding carboxylic acids is 1. The summed E-state index contributed by atoms with van der Waals surface area (Å²) in [4.78, 5) is 13.2. The second-order valence-electron chi connectivity index (χ2n) is 3.42. The third-order valence-corrected chi connectivity index (χ3v) is 2.43. The molecular weight excluding hydrogens is 202 g/mol. The molecule has 0 N–H and O–H groups in total. The van der Waals surface area contributed by atoms with E-state index in [4.69, 9.17) is 4.74 Å². The van der Waals surface area contributed by atoms with Gasteiger partial charge in [-0.15, -0.1) is 0 Å². The van der Waals surface area contributed by atoms with Crippen LogP contribution in [0.1, 0.15) is 13.3 Å². The fourth-order valence-corrected chi connectivity index (χ4v) is 1.66. The lowest BCUT2D eigenvalue weighted by Crippen LogP contribution is -2.35. The van der Waals surface area contributed by atoms with Crippen molar-refractivity contribution >= 4 is 5.91 Å². The van der Waals surface area contributed by atoms with Crippen LogP contribution in [0.25, 0.3) is 0 Å². The highest BCUT2D eigenvalue weighted by Crippen LogP contribution is 2.19. The molecule has 0 fully saturated rings. The van der Waals surface area contributed by atoms with Gasteiger partial charge in [-0.2, -0.15) is 0 Å². The van der Waals surface area contributed by atoms with Crippen LogP contribution < -0.4 is 0 Å². The van der Waals surface area contributed by atoms with Crippen LogP contribution in [0.15, 0.2) is 49.0 Å². The Kier molecular flexibility index (Phi) is 4.58. The lowest BCUT2D eigenvalue weighted by Gasteiger charge is -2.26. The van der Waals surface area contributed by atoms with Gasteiger partial charge in [0.05, 0.1) is 6.26 Å². The van der Waals surface area contributed by atoms with Crippen molar-refractivity contribution in [2.75, 3.05) is 13.1 Å². The highest BCUT2D eigenvalue weighted by molar-refractivity contribution is 5.87. The fraction of sp³-hybridized carbons (Fsp3) is 0.308. The largest absolute Gasteiger partial charge is 0.466 e. The molecule has 1 amide bonds. The van der Waals surface area contributed by atoms with Gasteiger partial charge < -0.3 is 9.64 Å². The van der Waals surface area contributed by atoms with Gasteiger partial charge in [-0.25, -0.2) is 0 Å². The van der Waals surface area contributed by atoms with Crippen LogP contribution in [-0.4, -0.2) is 23.9 Å². The Labute approximate surface area is 96.4 Å². The van der Waals surface area contributed by atoms with Crippen LogP contribution in [0, 0.1) is 0 Å². The maximum Gasteiger partial charge on any atom is 0.246 e. The molecule has 0 bridgehead atoms. The first-order valence-corrected chi connectivity index (χ1v) is 5.27. The van der Waals surface area contributed by atoms with Crippen molar-refractivity contribution in [1.29, 1.82) is 0 Å². The van der Waals surface area contributed by atoms with E-state index >= 15 is 0 Å². The van der Waals surface area contributed by atoms with Gasteiger partial charge in [0.15, 0.2) is 0 Å². The molecule has 0 spiro atoms. The zero-order valence-electron chi connectivity index (χ0n) is 9.61. The van der Waals surface area contributed by atoms with Crippen molar-refractivity contribution in [3.05, 3.63) is 49.0 Å². The van der Waals surface area contributed by atoms with Crippen molar-refractivity contribution in [2.45, 2.75) is 13.3 Å². The van der Waals surface area contributed by atoms with Crippen LogP contribution in [-0.2, 0) is 9.53 Å². The lowest BCUT2D eigenvalue weighted by atomic mass is 10.1. The van der Waals surface area contributed by atoms with E-state index < -0.39 is 0 Å². The van der Waals surface area contributed by atoms with Gasteiger partial charge in [-0.3, -0.25) is 4.79 Å². The maximum absolute atomic E-state index is 11.5. The number of nitrogens with zero attached hydrogens (tertiary/aromatic N) is 1. The predicted octanol–water partition coefficient (Wildman–Crippen LogP) is 2.40. The van der Waals surface area contributed by atoms with E-state index in [0.717, 1.165) is 24.3 Å². The second-order valence-corrected chi connectivity index (χ2v) is 3.42. The van der Waals surface area contributed by atoms with Crippen molar-refractivity contribution in [1.82, 2.24) is 4.90 Å². The molecule has 3 heteroatoms. The fourth-order valence-electron chi connectivity index (χ4n) is 1.66. The highest BCUT2D eigenvalue weighted by Gasteiger charge is 2.18. The van der Waals surface area contributed by atoms with E-state index in [0.29, 0.717) is 6.54 Å². The molecule has 0 unspecified atom stereocenters. The molecular formula is C13H17NO2. The Balaban J connectivity index is 2.76. The number of hydrogen-bond acceptors (Lipinski definition) is 2. The molecule has 0 atom stereocenters. The van der Waals surface area contributed by atoms with E-state index in [1.54, 1.807) is 4.90 Å². The average Bonchev–Trinajstić information content (AvgIpc) is 2.35. The van der Waals surface area contributed by atoms with Crippen LogP contribution in [0.5, 0.6) is 0 Å². The molecule has 1 heterocycles. The summed E-state index contributed by atoms with van der Waals surface area (Å²) in [5.41, 5.74) is 1.02. The number of allylic oxidation sites excluding steroid dienone is 1. The summed E-state index contributed by atoms with van der Waals surface area (Å²) in [6, 6.07) is 0. The predicted molar refractivity (Wildman–Crippen MR) is 64.5 cm³/mol. The SMILES string of the molecule is C=CO/C(=C\C)C1=CCCN(C(=O)C=C)C1. The highest BCUT2D eigenvalue weighted by atomic mass is 16.5. The summed E-state index contributed by atoms with van der Waals surface area (Å²) in [6.45, 7) is 10.2. The van der Waals surface area contributed by atoms with Gasteiger partial charge in [0.1, 0.15) is 5.76 Å². The molecule has 3 nitrogen and oxygen atoms in total. The van der Waals surface area contributed by atoms with Crippen LogP contribution in [0.4, 0.5) is 0 Å². The van der Waals surface area contributed by atoms with Crippen LogP contribution >= 0.6 is 0 Å². The summed E-state index contributed by atoms with van der Waals surface area (Å²) >= 11 is 0. The monoisotopic (exact) mass is 219 g/mol. The topological polar surface area (TPSA) is 29.5 Å². The van der Waals surface area contributed by atoms with Crippen LogP contribution in [0.3, 0.4) is 0 Å².